The molecule has 2 amide bonds. The summed E-state index contributed by atoms with van der Waals surface area (Å²) < 4.78 is 24.5. The second kappa shape index (κ2) is 12.3. The summed E-state index contributed by atoms with van der Waals surface area (Å²) in [7, 11) is 1.60. The number of aryl methyl sites for hydroxylation is 1. The fourth-order valence-electron chi connectivity index (χ4n) is 6.73. The number of carbonyl (C=O) groups is 2. The third-order valence-electron chi connectivity index (χ3n) is 8.87. The molecule has 3 saturated heterocycles. The summed E-state index contributed by atoms with van der Waals surface area (Å²) in [5, 5.41) is 2.55. The molecule has 3 heterocycles. The van der Waals surface area contributed by atoms with Gasteiger partial charge < -0.3 is 24.2 Å². The molecule has 0 aromatic heterocycles. The molecule has 0 N–H and O–H groups in total. The quantitative estimate of drug-likeness (QED) is 0.375. The number of likely N-dealkylation sites (tertiary alicyclic amines) is 1. The number of piperidine rings is 1. The van der Waals surface area contributed by atoms with Gasteiger partial charge in [-0.25, -0.2) is 9.18 Å². The molecule has 0 bridgehead atoms. The molecule has 6 rings (SSSR count). The Morgan fingerprint density at radius 1 is 1.00 bits per heavy atom. The third-order valence-corrected chi connectivity index (χ3v) is 8.87. The Morgan fingerprint density at radius 2 is 1.71 bits per heavy atom. The van der Waals surface area contributed by atoms with Crippen LogP contribution in [-0.2, 0) is 20.8 Å². The summed E-state index contributed by atoms with van der Waals surface area (Å²) in [5.74, 6) is -0.256. The van der Waals surface area contributed by atoms with Crippen LogP contribution in [0, 0.1) is 12.7 Å². The van der Waals surface area contributed by atoms with Crippen molar-refractivity contribution in [3.63, 3.8) is 0 Å². The van der Waals surface area contributed by atoms with E-state index >= 15 is 0 Å². The van der Waals surface area contributed by atoms with Gasteiger partial charge in [-0.05, 0) is 65.9 Å². The van der Waals surface area contributed by atoms with Crippen molar-refractivity contribution in [3.8, 4) is 0 Å². The van der Waals surface area contributed by atoms with Crippen LogP contribution in [0.15, 0.2) is 60.7 Å². The number of cyclic esters (lactones) is 1. The van der Waals surface area contributed by atoms with Crippen molar-refractivity contribution in [3.05, 3.63) is 77.6 Å². The highest BCUT2D eigenvalue weighted by molar-refractivity contribution is 5.94. The van der Waals surface area contributed by atoms with Gasteiger partial charge in [0.25, 0.3) is 0 Å². The molecule has 9 heteroatoms. The van der Waals surface area contributed by atoms with E-state index in [0.717, 1.165) is 25.3 Å². The minimum atomic E-state index is -0.721. The van der Waals surface area contributed by atoms with E-state index in [9.17, 15) is 14.0 Å². The highest BCUT2D eigenvalue weighted by atomic mass is 19.1. The lowest BCUT2D eigenvalue weighted by molar-refractivity contribution is -0.134. The standard InChI is InChI=1S/C32H37FN4O4.CH4/c1-23-5-3-6-24-7-4-8-25(29(23)24)19-34-15-13-32(14-16-34)30(38)36(22-37(32)27-11-9-26(33)10-12-27)21-28-20-35(17-18-40-2)31(39)41-28;/h3-12,28H,13-22H2,1-2H3;1H4/t28-;/m0./s1. The van der Waals surface area contributed by atoms with E-state index in [-0.39, 0.29) is 25.2 Å². The van der Waals surface area contributed by atoms with Gasteiger partial charge in [0.05, 0.1) is 26.4 Å². The number of methoxy groups -OCH3 is 1. The average Bonchev–Trinajstić information content (AvgIpc) is 3.45. The highest BCUT2D eigenvalue weighted by Gasteiger charge is 2.54. The van der Waals surface area contributed by atoms with Crippen molar-refractivity contribution in [1.29, 1.82) is 0 Å². The van der Waals surface area contributed by atoms with Crippen molar-refractivity contribution >= 4 is 28.5 Å². The van der Waals surface area contributed by atoms with Crippen LogP contribution in [0.25, 0.3) is 10.8 Å². The monoisotopic (exact) mass is 576 g/mol. The second-order valence-corrected chi connectivity index (χ2v) is 11.4. The van der Waals surface area contributed by atoms with Crippen molar-refractivity contribution in [2.45, 2.75) is 45.4 Å². The van der Waals surface area contributed by atoms with Crippen molar-refractivity contribution in [2.24, 2.45) is 0 Å². The molecule has 8 nitrogen and oxygen atoms in total. The number of ether oxygens (including phenoxy) is 2. The Balaban J connectivity index is 0.00000353. The summed E-state index contributed by atoms with van der Waals surface area (Å²) in [4.78, 5) is 34.5. The molecule has 224 valence electrons. The Bertz CT molecular complexity index is 1420. The molecule has 0 saturated carbocycles. The molecule has 1 spiro atoms. The van der Waals surface area contributed by atoms with Crippen molar-refractivity contribution < 1.29 is 23.5 Å². The van der Waals surface area contributed by atoms with E-state index in [2.05, 4.69) is 53.1 Å². The zero-order valence-electron chi connectivity index (χ0n) is 23.7. The summed E-state index contributed by atoms with van der Waals surface area (Å²) in [6.45, 7) is 6.52. The van der Waals surface area contributed by atoms with Crippen LogP contribution >= 0.6 is 0 Å². The maximum atomic E-state index is 14.2. The van der Waals surface area contributed by atoms with E-state index in [0.29, 0.717) is 45.8 Å². The number of rotatable bonds is 8. The normalized spacial score (nSPS) is 20.5. The summed E-state index contributed by atoms with van der Waals surface area (Å²) >= 11 is 0. The van der Waals surface area contributed by atoms with E-state index in [1.807, 2.05) is 4.90 Å². The lowest BCUT2D eigenvalue weighted by Crippen LogP contribution is -2.56. The van der Waals surface area contributed by atoms with Crippen LogP contribution in [0.3, 0.4) is 0 Å². The molecule has 42 heavy (non-hydrogen) atoms. The first-order valence-electron chi connectivity index (χ1n) is 14.3. The van der Waals surface area contributed by atoms with Gasteiger partial charge >= 0.3 is 6.09 Å². The molecule has 3 aromatic rings. The molecule has 0 aliphatic carbocycles. The number of anilines is 1. The molecule has 3 aliphatic heterocycles. The Labute approximate surface area is 247 Å². The lowest BCUT2D eigenvalue weighted by atomic mass is 9.85. The van der Waals surface area contributed by atoms with Gasteiger partial charge in [0.1, 0.15) is 17.5 Å². The molecule has 3 aromatic carbocycles. The van der Waals surface area contributed by atoms with Crippen molar-refractivity contribution in [1.82, 2.24) is 14.7 Å². The zero-order valence-corrected chi connectivity index (χ0v) is 23.7. The van der Waals surface area contributed by atoms with Gasteiger partial charge in [0, 0.05) is 39.0 Å². The van der Waals surface area contributed by atoms with Crippen LogP contribution in [0.2, 0.25) is 0 Å². The van der Waals surface area contributed by atoms with Gasteiger partial charge in [0.2, 0.25) is 5.91 Å². The minimum Gasteiger partial charge on any atom is -0.442 e. The largest absolute Gasteiger partial charge is 0.442 e. The molecular formula is C33H41FN4O4. The second-order valence-electron chi connectivity index (χ2n) is 11.4. The molecule has 1 atom stereocenters. The van der Waals surface area contributed by atoms with Crippen molar-refractivity contribution in [2.75, 3.05) is 58.0 Å². The molecule has 0 radical (unpaired) electrons. The Morgan fingerprint density at radius 3 is 2.43 bits per heavy atom. The smallest absolute Gasteiger partial charge is 0.410 e. The fourth-order valence-corrected chi connectivity index (χ4v) is 6.73. The first-order chi connectivity index (χ1) is 19.9. The van der Waals surface area contributed by atoms with Gasteiger partial charge in [-0.15, -0.1) is 0 Å². The van der Waals surface area contributed by atoms with E-state index in [1.54, 1.807) is 24.1 Å². The van der Waals surface area contributed by atoms with Gasteiger partial charge in [-0.1, -0.05) is 43.8 Å². The SMILES string of the molecule is C.COCCN1C[C@@H](CN2CN(c3ccc(F)cc3)C3(CCN(Cc4cccc5cccc(C)c45)CC3)C2=O)OC1=O. The maximum Gasteiger partial charge on any atom is 0.410 e. The summed E-state index contributed by atoms with van der Waals surface area (Å²) in [6, 6.07) is 19.3. The van der Waals surface area contributed by atoms with E-state index in [4.69, 9.17) is 9.47 Å². The number of fused-ring (bicyclic) bond motifs is 1. The Hall–Kier alpha value is -3.69. The molecule has 3 aliphatic rings. The average molecular weight is 577 g/mol. The molecule has 0 unspecified atom stereocenters. The van der Waals surface area contributed by atoms with Gasteiger partial charge in [0.15, 0.2) is 0 Å². The van der Waals surface area contributed by atoms with Crippen LogP contribution in [0.5, 0.6) is 0 Å². The first-order valence-corrected chi connectivity index (χ1v) is 14.3. The number of benzene rings is 3. The van der Waals surface area contributed by atoms with Gasteiger partial charge in [-0.3, -0.25) is 9.69 Å². The number of nitrogens with zero attached hydrogens (tertiary/aromatic N) is 4. The number of amides is 2. The van der Waals surface area contributed by atoms with Crippen LogP contribution in [-0.4, -0.2) is 91.5 Å². The fraction of sp³-hybridized carbons (Fsp3) is 0.455. The molecule has 3 fully saturated rings. The summed E-state index contributed by atoms with van der Waals surface area (Å²) in [6.07, 6.45) is 0.547. The topological polar surface area (TPSA) is 65.6 Å². The van der Waals surface area contributed by atoms with Crippen LogP contribution < -0.4 is 4.90 Å². The summed E-state index contributed by atoms with van der Waals surface area (Å²) in [5.41, 5.74) is 2.67. The molecular weight excluding hydrogens is 535 g/mol. The number of hydrogen-bond acceptors (Lipinski definition) is 6. The number of halogens is 1. The lowest BCUT2D eigenvalue weighted by Gasteiger charge is -2.43. The predicted molar refractivity (Wildman–Crippen MR) is 162 cm³/mol. The van der Waals surface area contributed by atoms with Gasteiger partial charge in [-0.2, -0.15) is 0 Å². The third kappa shape index (κ3) is 5.55. The predicted octanol–water partition coefficient (Wildman–Crippen LogP) is 5.03. The maximum absolute atomic E-state index is 14.2. The number of carbonyl (C=O) groups excluding carboxylic acids is 2. The minimum absolute atomic E-state index is 0. The Kier molecular flexibility index (Phi) is 8.70. The highest BCUT2D eigenvalue weighted by Crippen LogP contribution is 2.40. The first kappa shape index (κ1) is 29.8. The van der Waals surface area contributed by atoms with E-state index in [1.165, 1.54) is 34.0 Å². The van der Waals surface area contributed by atoms with Crippen LogP contribution in [0.1, 0.15) is 31.4 Å². The number of hydrogen-bond donors (Lipinski definition) is 0. The van der Waals surface area contributed by atoms with E-state index < -0.39 is 11.6 Å². The van der Waals surface area contributed by atoms with Crippen LogP contribution in [0.4, 0.5) is 14.9 Å². The zero-order chi connectivity index (χ0) is 28.6.